The van der Waals surface area contributed by atoms with Gasteiger partial charge >= 0.3 is 5.97 Å². The number of rotatable bonds is 1. The predicted molar refractivity (Wildman–Crippen MR) is 71.3 cm³/mol. The number of hydrogen-bond donors (Lipinski definition) is 2. The van der Waals surface area contributed by atoms with Gasteiger partial charge in [0.25, 0.3) is 0 Å². The summed E-state index contributed by atoms with van der Waals surface area (Å²) in [4.78, 5) is 11.6. The predicted octanol–water partition coefficient (Wildman–Crippen LogP) is 1.49. The Bertz CT molecular complexity index is 447. The quantitative estimate of drug-likeness (QED) is 0.428. The van der Waals surface area contributed by atoms with Crippen LogP contribution in [-0.2, 0) is 9.53 Å². The van der Waals surface area contributed by atoms with E-state index in [-0.39, 0.29) is 12.5 Å². The first-order valence-electron chi connectivity index (χ1n) is 6.58. The van der Waals surface area contributed by atoms with Gasteiger partial charge in [0.2, 0.25) is 0 Å². The van der Waals surface area contributed by atoms with E-state index in [1.54, 1.807) is 0 Å². The summed E-state index contributed by atoms with van der Waals surface area (Å²) in [5, 5.41) is 19.5. The van der Waals surface area contributed by atoms with Gasteiger partial charge in [-0.2, -0.15) is 0 Å². The third-order valence-electron chi connectivity index (χ3n) is 3.89. The number of carbonyl (C=O) groups excluding carboxylic acids is 1. The smallest absolute Gasteiger partial charge is 0.334 e. The molecule has 2 rings (SSSR count). The van der Waals surface area contributed by atoms with Gasteiger partial charge in [0.05, 0.1) is 12.7 Å². The van der Waals surface area contributed by atoms with Crippen LogP contribution in [-0.4, -0.2) is 35.0 Å². The molecule has 104 valence electrons. The number of ether oxygens (including phenoxy) is 1. The monoisotopic (exact) mass is 264 g/mol. The van der Waals surface area contributed by atoms with Crippen molar-refractivity contribution in [3.63, 3.8) is 0 Å². The highest BCUT2D eigenvalue weighted by Gasteiger charge is 2.38. The van der Waals surface area contributed by atoms with Crippen LogP contribution in [0.5, 0.6) is 0 Å². The fourth-order valence-corrected chi connectivity index (χ4v) is 2.55. The Morgan fingerprint density at radius 1 is 1.53 bits per heavy atom. The normalized spacial score (nSPS) is 37.7. The van der Waals surface area contributed by atoms with Crippen LogP contribution < -0.4 is 0 Å². The molecule has 3 atom stereocenters. The molecule has 0 unspecified atom stereocenters. The zero-order valence-electron chi connectivity index (χ0n) is 11.1. The molecule has 1 aliphatic heterocycles. The Morgan fingerprint density at radius 2 is 2.26 bits per heavy atom. The molecule has 0 aromatic rings. The van der Waals surface area contributed by atoms with Crippen molar-refractivity contribution in [3.05, 3.63) is 35.5 Å². The molecule has 2 N–H and O–H groups in total. The largest absolute Gasteiger partial charge is 0.454 e. The van der Waals surface area contributed by atoms with E-state index in [0.717, 1.165) is 17.6 Å². The Morgan fingerprint density at radius 3 is 2.95 bits per heavy atom. The summed E-state index contributed by atoms with van der Waals surface area (Å²) in [6.07, 6.45) is 4.68. The summed E-state index contributed by atoms with van der Waals surface area (Å²) in [7, 11) is 0. The van der Waals surface area contributed by atoms with Crippen molar-refractivity contribution in [3.8, 4) is 0 Å². The minimum Gasteiger partial charge on any atom is -0.454 e. The van der Waals surface area contributed by atoms with E-state index in [0.29, 0.717) is 18.4 Å². The van der Waals surface area contributed by atoms with Gasteiger partial charge < -0.3 is 14.9 Å². The van der Waals surface area contributed by atoms with Crippen LogP contribution in [0.2, 0.25) is 0 Å². The van der Waals surface area contributed by atoms with Crippen LogP contribution in [0, 0.1) is 5.92 Å². The highest BCUT2D eigenvalue weighted by Crippen LogP contribution is 2.34. The number of esters is 1. The van der Waals surface area contributed by atoms with E-state index in [9.17, 15) is 15.0 Å². The molecule has 1 saturated heterocycles. The minimum atomic E-state index is -0.581. The van der Waals surface area contributed by atoms with E-state index >= 15 is 0 Å². The van der Waals surface area contributed by atoms with E-state index < -0.39 is 18.2 Å². The SMILES string of the molecule is C=C1C(=O)O[C@@H]2/C=C(\CO)CC/C=C(\C)[C@@H](O)C[C@@H]12. The second-order valence-electron chi connectivity index (χ2n) is 5.22. The molecule has 2 aliphatic rings. The van der Waals surface area contributed by atoms with E-state index in [1.165, 1.54) is 0 Å². The first-order valence-corrected chi connectivity index (χ1v) is 6.58. The molecule has 0 radical (unpaired) electrons. The van der Waals surface area contributed by atoms with Crippen LogP contribution in [0.1, 0.15) is 26.2 Å². The average Bonchev–Trinajstić information content (AvgIpc) is 2.64. The molecule has 1 heterocycles. The average molecular weight is 264 g/mol. The van der Waals surface area contributed by atoms with Gasteiger partial charge in [0, 0.05) is 11.5 Å². The van der Waals surface area contributed by atoms with Crippen molar-refractivity contribution in [2.45, 2.75) is 38.4 Å². The lowest BCUT2D eigenvalue weighted by atomic mass is 9.86. The topological polar surface area (TPSA) is 66.8 Å². The highest BCUT2D eigenvalue weighted by atomic mass is 16.6. The van der Waals surface area contributed by atoms with Crippen LogP contribution in [0.3, 0.4) is 0 Å². The van der Waals surface area contributed by atoms with Gasteiger partial charge in [-0.25, -0.2) is 4.79 Å². The lowest BCUT2D eigenvalue weighted by Gasteiger charge is -2.21. The second-order valence-corrected chi connectivity index (χ2v) is 5.22. The van der Waals surface area contributed by atoms with Crippen LogP contribution in [0.25, 0.3) is 0 Å². The molecule has 1 fully saturated rings. The van der Waals surface area contributed by atoms with Crippen LogP contribution >= 0.6 is 0 Å². The molecule has 0 spiro atoms. The fourth-order valence-electron chi connectivity index (χ4n) is 2.55. The molecule has 4 nitrogen and oxygen atoms in total. The third-order valence-corrected chi connectivity index (χ3v) is 3.89. The number of hydrogen-bond acceptors (Lipinski definition) is 4. The number of aliphatic hydroxyl groups is 2. The number of allylic oxidation sites excluding steroid dienone is 1. The van der Waals surface area contributed by atoms with Gasteiger partial charge in [0.15, 0.2) is 0 Å². The van der Waals surface area contributed by atoms with Crippen molar-refractivity contribution in [2.24, 2.45) is 5.92 Å². The fraction of sp³-hybridized carbons (Fsp3) is 0.533. The zero-order valence-corrected chi connectivity index (χ0v) is 11.1. The van der Waals surface area contributed by atoms with Crippen molar-refractivity contribution in [1.82, 2.24) is 0 Å². The van der Waals surface area contributed by atoms with E-state index in [2.05, 4.69) is 6.58 Å². The maximum absolute atomic E-state index is 11.6. The second kappa shape index (κ2) is 5.72. The molecule has 0 aromatic carbocycles. The van der Waals surface area contributed by atoms with Crippen LogP contribution in [0.15, 0.2) is 35.5 Å². The Hall–Kier alpha value is -1.39. The highest BCUT2D eigenvalue weighted by molar-refractivity contribution is 5.91. The summed E-state index contributed by atoms with van der Waals surface area (Å²) in [5.74, 6) is -0.623. The van der Waals surface area contributed by atoms with Crippen molar-refractivity contribution in [2.75, 3.05) is 6.61 Å². The van der Waals surface area contributed by atoms with Gasteiger partial charge in [-0.05, 0) is 43.4 Å². The molecule has 0 aromatic heterocycles. The first-order chi connectivity index (χ1) is 9.02. The number of carbonyl (C=O) groups is 1. The van der Waals surface area contributed by atoms with Gasteiger partial charge in [-0.3, -0.25) is 0 Å². The Labute approximate surface area is 113 Å². The lowest BCUT2D eigenvalue weighted by molar-refractivity contribution is -0.137. The van der Waals surface area contributed by atoms with Gasteiger partial charge in [0.1, 0.15) is 6.10 Å². The van der Waals surface area contributed by atoms with E-state index in [4.69, 9.17) is 4.74 Å². The molecule has 0 bridgehead atoms. The number of fused-ring (bicyclic) bond motifs is 1. The standard InChI is InChI=1S/C15H20O4/c1-9-4-3-5-11(8-16)6-14-12(7-13(9)17)10(2)15(18)19-14/h4,6,12-14,16-17H,2-3,5,7-8H2,1H3/b9-4+,11-6-/t12-,13-,14+/m0/s1. The molecule has 4 heteroatoms. The molecule has 19 heavy (non-hydrogen) atoms. The summed E-state index contributed by atoms with van der Waals surface area (Å²) in [6, 6.07) is 0. The molecule has 0 saturated carbocycles. The summed E-state index contributed by atoms with van der Waals surface area (Å²) in [6.45, 7) is 5.60. The summed E-state index contributed by atoms with van der Waals surface area (Å²) in [5.41, 5.74) is 2.16. The minimum absolute atomic E-state index is 0.0390. The molecular formula is C15H20O4. The van der Waals surface area contributed by atoms with Gasteiger partial charge in [-0.1, -0.05) is 12.7 Å². The number of aliphatic hydroxyl groups excluding tert-OH is 2. The Balaban J connectivity index is 2.31. The van der Waals surface area contributed by atoms with E-state index in [1.807, 2.05) is 19.1 Å². The first kappa shape index (κ1) is 14.0. The maximum Gasteiger partial charge on any atom is 0.334 e. The zero-order chi connectivity index (χ0) is 14.0. The Kier molecular flexibility index (Phi) is 4.22. The van der Waals surface area contributed by atoms with Crippen molar-refractivity contribution < 1.29 is 19.7 Å². The molecular weight excluding hydrogens is 244 g/mol. The summed E-state index contributed by atoms with van der Waals surface area (Å²) < 4.78 is 5.27. The van der Waals surface area contributed by atoms with Gasteiger partial charge in [-0.15, -0.1) is 0 Å². The molecule has 0 amide bonds. The van der Waals surface area contributed by atoms with Crippen molar-refractivity contribution in [1.29, 1.82) is 0 Å². The third kappa shape index (κ3) is 2.96. The summed E-state index contributed by atoms with van der Waals surface area (Å²) >= 11 is 0. The lowest BCUT2D eigenvalue weighted by Crippen LogP contribution is -2.23. The maximum atomic E-state index is 11.6. The molecule has 1 aliphatic carbocycles. The van der Waals surface area contributed by atoms with Crippen molar-refractivity contribution >= 4 is 5.97 Å². The van der Waals surface area contributed by atoms with Crippen LogP contribution in [0.4, 0.5) is 0 Å².